The lowest BCUT2D eigenvalue weighted by atomic mass is 10.1. The summed E-state index contributed by atoms with van der Waals surface area (Å²) in [6, 6.07) is 2.34. The molecule has 3 rings (SSSR count). The Labute approximate surface area is 187 Å². The summed E-state index contributed by atoms with van der Waals surface area (Å²) in [4.78, 5) is 29.5. The molecular formula is C21H17F7N4O2. The van der Waals surface area contributed by atoms with E-state index in [1.165, 1.54) is 6.92 Å². The molecule has 6 nitrogen and oxygen atoms in total. The fraction of sp³-hybridized carbons (Fsp3) is 0.286. The highest BCUT2D eigenvalue weighted by atomic mass is 19.4. The summed E-state index contributed by atoms with van der Waals surface area (Å²) in [7, 11) is 0. The number of pyridine rings is 2. The van der Waals surface area contributed by atoms with E-state index in [4.69, 9.17) is 0 Å². The molecular weight excluding hydrogens is 473 g/mol. The minimum absolute atomic E-state index is 0.121. The van der Waals surface area contributed by atoms with Gasteiger partial charge >= 0.3 is 6.18 Å². The maximum atomic E-state index is 14.5. The van der Waals surface area contributed by atoms with Crippen LogP contribution in [0.1, 0.15) is 23.7 Å². The molecule has 3 aromatic rings. The third kappa shape index (κ3) is 5.29. The van der Waals surface area contributed by atoms with Crippen LogP contribution in [0.3, 0.4) is 0 Å². The van der Waals surface area contributed by atoms with Crippen molar-refractivity contribution < 1.29 is 35.5 Å². The molecule has 0 aliphatic carbocycles. The van der Waals surface area contributed by atoms with E-state index in [0.717, 1.165) is 35.0 Å². The second-order valence-electron chi connectivity index (χ2n) is 7.15. The van der Waals surface area contributed by atoms with Crippen molar-refractivity contribution in [2.24, 2.45) is 0 Å². The molecule has 0 spiro atoms. The molecule has 0 saturated heterocycles. The lowest BCUT2D eigenvalue weighted by Crippen LogP contribution is -2.46. The SMILES string of the molecule is CCC(NC(=O)c1cn(-c2ccc(F)cc2F)c2nc(NCC(F)F)ccc2c1=O)C(F)(F)F. The number of hydrogen-bond donors (Lipinski definition) is 2. The van der Waals surface area contributed by atoms with Crippen LogP contribution in [-0.4, -0.2) is 40.6 Å². The second kappa shape index (κ2) is 9.69. The summed E-state index contributed by atoms with van der Waals surface area (Å²) in [5.41, 5.74) is -2.46. The number of fused-ring (bicyclic) bond motifs is 1. The smallest absolute Gasteiger partial charge is 0.364 e. The molecule has 34 heavy (non-hydrogen) atoms. The van der Waals surface area contributed by atoms with Gasteiger partial charge in [-0.1, -0.05) is 6.92 Å². The van der Waals surface area contributed by atoms with Crippen molar-refractivity contribution in [3.8, 4) is 5.69 Å². The first-order chi connectivity index (χ1) is 15.9. The molecule has 2 aromatic heterocycles. The number of hydrogen-bond acceptors (Lipinski definition) is 4. The first-order valence-electron chi connectivity index (χ1n) is 9.83. The van der Waals surface area contributed by atoms with E-state index in [1.807, 2.05) is 0 Å². The van der Waals surface area contributed by atoms with Crippen LogP contribution < -0.4 is 16.1 Å². The first kappa shape index (κ1) is 25.0. The van der Waals surface area contributed by atoms with Crippen molar-refractivity contribution in [3.63, 3.8) is 0 Å². The van der Waals surface area contributed by atoms with Crippen molar-refractivity contribution in [1.82, 2.24) is 14.9 Å². The summed E-state index contributed by atoms with van der Waals surface area (Å²) >= 11 is 0. The molecule has 0 bridgehead atoms. The van der Waals surface area contributed by atoms with Crippen LogP contribution in [0.15, 0.2) is 41.3 Å². The van der Waals surface area contributed by atoms with Crippen LogP contribution in [0.4, 0.5) is 36.6 Å². The summed E-state index contributed by atoms with van der Waals surface area (Å²) < 4.78 is 93.2. The van der Waals surface area contributed by atoms with Gasteiger partial charge in [-0.2, -0.15) is 13.2 Å². The number of aromatic nitrogens is 2. The number of nitrogens with one attached hydrogen (secondary N) is 2. The van der Waals surface area contributed by atoms with E-state index < -0.39 is 60.1 Å². The summed E-state index contributed by atoms with van der Waals surface area (Å²) in [5, 5.41) is 3.73. The summed E-state index contributed by atoms with van der Waals surface area (Å²) in [6.07, 6.45) is -7.26. The van der Waals surface area contributed by atoms with Crippen molar-refractivity contribution in [2.75, 3.05) is 11.9 Å². The summed E-state index contributed by atoms with van der Waals surface area (Å²) in [6.45, 7) is 0.396. The molecule has 2 N–H and O–H groups in total. The van der Waals surface area contributed by atoms with Crippen LogP contribution in [-0.2, 0) is 0 Å². The standard InChI is InChI=1S/C21H17F7N4O2/c1-2-15(21(26,27)28)30-20(34)12-9-32(14-5-3-10(22)7-13(14)23)19-11(18(12)33)4-6-17(31-19)29-8-16(24)25/h3-7,9,15-16H,2,8H2,1H3,(H,29,31)(H,30,34). The van der Waals surface area contributed by atoms with Crippen LogP contribution in [0.25, 0.3) is 16.7 Å². The zero-order chi connectivity index (χ0) is 25.2. The van der Waals surface area contributed by atoms with E-state index in [-0.39, 0.29) is 22.5 Å². The molecule has 1 amide bonds. The summed E-state index contributed by atoms with van der Waals surface area (Å²) in [5.74, 6) is -3.56. The monoisotopic (exact) mass is 490 g/mol. The highest BCUT2D eigenvalue weighted by molar-refractivity contribution is 5.97. The van der Waals surface area contributed by atoms with E-state index in [0.29, 0.717) is 6.07 Å². The number of carbonyl (C=O) groups is 1. The lowest BCUT2D eigenvalue weighted by Gasteiger charge is -2.20. The molecule has 0 saturated carbocycles. The fourth-order valence-electron chi connectivity index (χ4n) is 3.16. The Kier molecular flexibility index (Phi) is 7.12. The molecule has 0 aliphatic heterocycles. The van der Waals surface area contributed by atoms with Gasteiger partial charge in [0.25, 0.3) is 12.3 Å². The molecule has 0 fully saturated rings. The van der Waals surface area contributed by atoms with Crippen LogP contribution in [0.2, 0.25) is 0 Å². The van der Waals surface area contributed by atoms with Gasteiger partial charge in [0.15, 0.2) is 5.65 Å². The van der Waals surface area contributed by atoms with Crippen molar-refractivity contribution >= 4 is 22.8 Å². The average Bonchev–Trinajstić information content (AvgIpc) is 2.75. The van der Waals surface area contributed by atoms with Gasteiger partial charge in [-0.25, -0.2) is 22.5 Å². The van der Waals surface area contributed by atoms with Gasteiger partial charge in [0, 0.05) is 12.3 Å². The number of alkyl halides is 5. The Balaban J connectivity index is 2.22. The highest BCUT2D eigenvalue weighted by Gasteiger charge is 2.39. The topological polar surface area (TPSA) is 76.0 Å². The fourth-order valence-corrected chi connectivity index (χ4v) is 3.16. The zero-order valence-corrected chi connectivity index (χ0v) is 17.4. The van der Waals surface area contributed by atoms with Gasteiger partial charge in [0.1, 0.15) is 29.1 Å². The van der Waals surface area contributed by atoms with Crippen LogP contribution in [0.5, 0.6) is 0 Å². The maximum absolute atomic E-state index is 14.5. The van der Waals surface area contributed by atoms with Crippen LogP contribution >= 0.6 is 0 Å². The molecule has 1 aromatic carbocycles. The molecule has 1 unspecified atom stereocenters. The second-order valence-corrected chi connectivity index (χ2v) is 7.15. The number of benzene rings is 1. The predicted molar refractivity (Wildman–Crippen MR) is 109 cm³/mol. The quantitative estimate of drug-likeness (QED) is 0.481. The van der Waals surface area contributed by atoms with Gasteiger partial charge in [-0.3, -0.25) is 14.2 Å². The van der Waals surface area contributed by atoms with Gasteiger partial charge in [-0.15, -0.1) is 0 Å². The molecule has 0 aliphatic rings. The highest BCUT2D eigenvalue weighted by Crippen LogP contribution is 2.24. The van der Waals surface area contributed by atoms with Crippen molar-refractivity contribution in [2.45, 2.75) is 32.0 Å². The number of rotatable bonds is 7. The zero-order valence-electron chi connectivity index (χ0n) is 17.4. The van der Waals surface area contributed by atoms with E-state index in [1.54, 1.807) is 5.32 Å². The largest absolute Gasteiger partial charge is 0.408 e. The third-order valence-electron chi connectivity index (χ3n) is 4.81. The average molecular weight is 490 g/mol. The van der Waals surface area contributed by atoms with Gasteiger partial charge in [0.2, 0.25) is 5.43 Å². The first-order valence-corrected chi connectivity index (χ1v) is 9.83. The number of halogens is 7. The molecule has 2 heterocycles. The number of carbonyl (C=O) groups excluding carboxylic acids is 1. The number of amides is 1. The minimum atomic E-state index is -4.78. The van der Waals surface area contributed by atoms with E-state index in [9.17, 15) is 40.3 Å². The van der Waals surface area contributed by atoms with E-state index >= 15 is 0 Å². The Morgan fingerprint density at radius 1 is 1.15 bits per heavy atom. The molecule has 0 radical (unpaired) electrons. The third-order valence-corrected chi connectivity index (χ3v) is 4.81. The Hall–Kier alpha value is -3.64. The maximum Gasteiger partial charge on any atom is 0.408 e. The van der Waals surface area contributed by atoms with Gasteiger partial charge < -0.3 is 10.6 Å². The number of anilines is 1. The van der Waals surface area contributed by atoms with Gasteiger partial charge in [-0.05, 0) is 30.7 Å². The number of nitrogens with zero attached hydrogens (tertiary/aromatic N) is 2. The Bertz CT molecular complexity index is 1270. The Morgan fingerprint density at radius 3 is 2.44 bits per heavy atom. The lowest BCUT2D eigenvalue weighted by molar-refractivity contribution is -0.153. The minimum Gasteiger partial charge on any atom is -0.364 e. The van der Waals surface area contributed by atoms with Gasteiger partial charge in [0.05, 0.1) is 17.6 Å². The van der Waals surface area contributed by atoms with Crippen molar-refractivity contribution in [1.29, 1.82) is 0 Å². The molecule has 182 valence electrons. The Morgan fingerprint density at radius 2 is 1.85 bits per heavy atom. The predicted octanol–water partition coefficient (Wildman–Crippen LogP) is 4.41. The van der Waals surface area contributed by atoms with Crippen molar-refractivity contribution in [3.05, 3.63) is 63.9 Å². The van der Waals surface area contributed by atoms with Crippen LogP contribution in [0, 0.1) is 11.6 Å². The van der Waals surface area contributed by atoms with E-state index in [2.05, 4.69) is 10.3 Å². The molecule has 1 atom stereocenters. The normalized spacial score (nSPS) is 12.7. The molecule has 13 heteroatoms.